The maximum atomic E-state index is 12.4. The van der Waals surface area contributed by atoms with Gasteiger partial charge in [-0.3, -0.25) is 9.48 Å². The van der Waals surface area contributed by atoms with Crippen LogP contribution in [-0.4, -0.2) is 60.9 Å². The van der Waals surface area contributed by atoms with Crippen molar-refractivity contribution in [3.05, 3.63) is 54.0 Å². The first-order chi connectivity index (χ1) is 17.4. The molecule has 3 heterocycles. The first-order valence-corrected chi connectivity index (χ1v) is 11.8. The lowest BCUT2D eigenvalue weighted by Crippen LogP contribution is -2.38. The van der Waals surface area contributed by atoms with E-state index in [1.54, 1.807) is 24.5 Å². The zero-order valence-electron chi connectivity index (χ0n) is 20.2. The number of carbonyl (C=O) groups is 2. The summed E-state index contributed by atoms with van der Waals surface area (Å²) in [6.45, 7) is 4.74. The molecule has 1 aliphatic heterocycles. The van der Waals surface area contributed by atoms with E-state index in [2.05, 4.69) is 31.8 Å². The molecule has 3 N–H and O–H groups in total. The van der Waals surface area contributed by atoms with Gasteiger partial charge >= 0.3 is 6.09 Å². The quantitative estimate of drug-likeness (QED) is 0.455. The Kier molecular flexibility index (Phi) is 7.44. The molecule has 1 atom stereocenters. The van der Waals surface area contributed by atoms with E-state index in [0.717, 1.165) is 22.5 Å². The molecule has 0 bridgehead atoms. The maximum absolute atomic E-state index is 12.4. The molecule has 11 nitrogen and oxygen atoms in total. The van der Waals surface area contributed by atoms with Crippen LogP contribution in [0.1, 0.15) is 48.1 Å². The summed E-state index contributed by atoms with van der Waals surface area (Å²) in [4.78, 5) is 34.0. The molecule has 1 fully saturated rings. The third-order valence-corrected chi connectivity index (χ3v) is 6.23. The van der Waals surface area contributed by atoms with E-state index in [4.69, 9.17) is 10.4 Å². The highest BCUT2D eigenvalue weighted by molar-refractivity contribution is 5.95. The fourth-order valence-corrected chi connectivity index (χ4v) is 4.09. The van der Waals surface area contributed by atoms with Crippen LogP contribution in [0.4, 0.5) is 16.4 Å². The van der Waals surface area contributed by atoms with Gasteiger partial charge in [-0.15, -0.1) is 0 Å². The van der Waals surface area contributed by atoms with Gasteiger partial charge in [0, 0.05) is 36.6 Å². The van der Waals surface area contributed by atoms with Crippen LogP contribution in [0, 0.1) is 18.3 Å². The standard InChI is InChI=1S/C25H28N8O3/c1-3-19(12-26)29-23(34)18-6-4-17(5-7-18)22-16(2)13-27-24(31-22)30-20-14-28-33(15-20)21-8-10-32(11-9-21)25(35)36/h4-7,13-15,19,21H,3,8-11H2,1-2H3,(H,29,34)(H,35,36)(H,27,30,31). The minimum absolute atomic E-state index is 0.141. The molecule has 186 valence electrons. The number of nitriles is 1. The van der Waals surface area contributed by atoms with Crippen molar-refractivity contribution in [2.24, 2.45) is 0 Å². The number of aryl methyl sites for hydroxylation is 1. The van der Waals surface area contributed by atoms with Crippen molar-refractivity contribution in [2.45, 2.75) is 45.2 Å². The molecule has 1 unspecified atom stereocenters. The Balaban J connectivity index is 1.44. The van der Waals surface area contributed by atoms with E-state index in [1.807, 2.05) is 36.9 Å². The molecule has 0 aliphatic carbocycles. The normalized spacial score (nSPS) is 14.6. The number of likely N-dealkylation sites (tertiary alicyclic amines) is 1. The van der Waals surface area contributed by atoms with Crippen molar-refractivity contribution in [3.8, 4) is 17.3 Å². The maximum Gasteiger partial charge on any atom is 0.407 e. The average Bonchev–Trinajstić information content (AvgIpc) is 3.37. The lowest BCUT2D eigenvalue weighted by molar-refractivity contribution is 0.0944. The molecule has 0 spiro atoms. The Morgan fingerprint density at radius 3 is 2.58 bits per heavy atom. The minimum atomic E-state index is -0.884. The SMILES string of the molecule is CCC(C#N)NC(=O)c1ccc(-c2nc(Nc3cnn(C4CCN(C(=O)O)CC4)c3)ncc2C)cc1. The number of nitrogens with zero attached hydrogens (tertiary/aromatic N) is 6. The van der Waals surface area contributed by atoms with Crippen LogP contribution >= 0.6 is 0 Å². The smallest absolute Gasteiger partial charge is 0.407 e. The molecule has 0 saturated carbocycles. The highest BCUT2D eigenvalue weighted by Gasteiger charge is 2.24. The Hall–Kier alpha value is -4.46. The Morgan fingerprint density at radius 2 is 1.94 bits per heavy atom. The van der Waals surface area contributed by atoms with Crippen LogP contribution in [-0.2, 0) is 0 Å². The van der Waals surface area contributed by atoms with Crippen LogP contribution < -0.4 is 10.6 Å². The molecule has 0 radical (unpaired) electrons. The largest absolute Gasteiger partial charge is 0.465 e. The fraction of sp³-hybridized carbons (Fsp3) is 0.360. The van der Waals surface area contributed by atoms with E-state index >= 15 is 0 Å². The second-order valence-electron chi connectivity index (χ2n) is 8.70. The summed E-state index contributed by atoms with van der Waals surface area (Å²) in [5.74, 6) is 0.125. The Morgan fingerprint density at radius 1 is 1.22 bits per heavy atom. The second kappa shape index (κ2) is 10.9. The van der Waals surface area contributed by atoms with Crippen molar-refractivity contribution in [3.63, 3.8) is 0 Å². The summed E-state index contributed by atoms with van der Waals surface area (Å²) in [5.41, 5.74) is 3.66. The van der Waals surface area contributed by atoms with Gasteiger partial charge in [-0.05, 0) is 43.9 Å². The molecule has 3 aromatic rings. The first kappa shape index (κ1) is 24.7. The van der Waals surface area contributed by atoms with E-state index in [1.165, 1.54) is 4.90 Å². The number of nitrogens with one attached hydrogen (secondary N) is 2. The van der Waals surface area contributed by atoms with Crippen LogP contribution in [0.2, 0.25) is 0 Å². The van der Waals surface area contributed by atoms with Crippen LogP contribution in [0.3, 0.4) is 0 Å². The van der Waals surface area contributed by atoms with Crippen molar-refractivity contribution in [2.75, 3.05) is 18.4 Å². The second-order valence-corrected chi connectivity index (χ2v) is 8.70. The third-order valence-electron chi connectivity index (χ3n) is 6.23. The zero-order chi connectivity index (χ0) is 25.7. The predicted molar refractivity (Wildman–Crippen MR) is 133 cm³/mol. The first-order valence-electron chi connectivity index (χ1n) is 11.8. The van der Waals surface area contributed by atoms with E-state index in [9.17, 15) is 9.59 Å². The summed E-state index contributed by atoms with van der Waals surface area (Å²) in [7, 11) is 0. The molecular weight excluding hydrogens is 460 g/mol. The van der Waals surface area contributed by atoms with Gasteiger partial charge in [0.1, 0.15) is 6.04 Å². The molecule has 1 aliphatic rings. The molecule has 2 amide bonds. The van der Waals surface area contributed by atoms with Crippen molar-refractivity contribution in [1.82, 2.24) is 30.0 Å². The number of anilines is 2. The zero-order valence-corrected chi connectivity index (χ0v) is 20.2. The van der Waals surface area contributed by atoms with E-state index < -0.39 is 12.1 Å². The Bertz CT molecular complexity index is 1270. The van der Waals surface area contributed by atoms with Gasteiger partial charge in [0.15, 0.2) is 0 Å². The predicted octanol–water partition coefficient (Wildman–Crippen LogP) is 3.74. The van der Waals surface area contributed by atoms with Crippen LogP contribution in [0.15, 0.2) is 42.9 Å². The number of amides is 2. The number of carbonyl (C=O) groups excluding carboxylic acids is 1. The van der Waals surface area contributed by atoms with Crippen molar-refractivity contribution in [1.29, 1.82) is 5.26 Å². The third kappa shape index (κ3) is 5.60. The molecule has 36 heavy (non-hydrogen) atoms. The van der Waals surface area contributed by atoms with Gasteiger partial charge < -0.3 is 20.6 Å². The molecule has 2 aromatic heterocycles. The lowest BCUT2D eigenvalue weighted by atomic mass is 10.1. The van der Waals surface area contributed by atoms with Gasteiger partial charge in [-0.25, -0.2) is 14.8 Å². The van der Waals surface area contributed by atoms with E-state index in [-0.39, 0.29) is 11.9 Å². The minimum Gasteiger partial charge on any atom is -0.465 e. The van der Waals surface area contributed by atoms with Gasteiger partial charge in [-0.2, -0.15) is 10.4 Å². The van der Waals surface area contributed by atoms with Gasteiger partial charge in [0.25, 0.3) is 5.91 Å². The molecular formula is C25H28N8O3. The summed E-state index contributed by atoms with van der Waals surface area (Å²) in [6, 6.07) is 8.76. The fourth-order valence-electron chi connectivity index (χ4n) is 4.09. The molecule has 1 saturated heterocycles. The topological polar surface area (TPSA) is 149 Å². The number of carboxylic acid groups (broad SMARTS) is 1. The molecule has 1 aromatic carbocycles. The summed E-state index contributed by atoms with van der Waals surface area (Å²) < 4.78 is 1.86. The van der Waals surface area contributed by atoms with Gasteiger partial charge in [0.05, 0.1) is 29.7 Å². The number of hydrogen-bond acceptors (Lipinski definition) is 7. The monoisotopic (exact) mass is 488 g/mol. The number of rotatable bonds is 7. The summed E-state index contributed by atoms with van der Waals surface area (Å²) >= 11 is 0. The Labute approximate surface area is 208 Å². The number of piperidine rings is 1. The summed E-state index contributed by atoms with van der Waals surface area (Å²) in [6.07, 6.45) is 6.39. The number of benzene rings is 1. The lowest BCUT2D eigenvalue weighted by Gasteiger charge is -2.29. The summed E-state index contributed by atoms with van der Waals surface area (Å²) in [5, 5.41) is 28.5. The molecule has 4 rings (SSSR count). The van der Waals surface area contributed by atoms with Gasteiger partial charge in [0.2, 0.25) is 5.95 Å². The van der Waals surface area contributed by atoms with E-state index in [0.29, 0.717) is 43.9 Å². The highest BCUT2D eigenvalue weighted by Crippen LogP contribution is 2.26. The van der Waals surface area contributed by atoms with Crippen LogP contribution in [0.25, 0.3) is 11.3 Å². The molecule has 11 heteroatoms. The van der Waals surface area contributed by atoms with Crippen molar-refractivity contribution < 1.29 is 14.7 Å². The van der Waals surface area contributed by atoms with Crippen molar-refractivity contribution >= 4 is 23.6 Å². The average molecular weight is 489 g/mol. The number of aromatic nitrogens is 4. The van der Waals surface area contributed by atoms with Gasteiger partial charge in [-0.1, -0.05) is 19.1 Å². The number of hydrogen-bond donors (Lipinski definition) is 3. The highest BCUT2D eigenvalue weighted by atomic mass is 16.4. The van der Waals surface area contributed by atoms with Crippen LogP contribution in [0.5, 0.6) is 0 Å².